The first kappa shape index (κ1) is 13.5. The minimum atomic E-state index is -0.967. The van der Waals surface area contributed by atoms with Gasteiger partial charge in [-0.1, -0.05) is 6.92 Å². The van der Waals surface area contributed by atoms with Crippen molar-refractivity contribution in [2.24, 2.45) is 0 Å². The fourth-order valence-electron chi connectivity index (χ4n) is 1.58. The normalized spacial score (nSPS) is 17.7. The molecule has 0 aromatic heterocycles. The van der Waals surface area contributed by atoms with Gasteiger partial charge in [-0.2, -0.15) is 0 Å². The van der Waals surface area contributed by atoms with E-state index in [1.807, 2.05) is 6.92 Å². The quantitative estimate of drug-likeness (QED) is 0.560. The molecule has 2 atom stereocenters. The molecule has 1 aliphatic rings. The molecule has 17 heavy (non-hydrogen) atoms. The Balaban J connectivity index is 2.65. The maximum absolute atomic E-state index is 11.9. The molecule has 94 valence electrons. The number of hydrogen-bond acceptors (Lipinski definition) is 3. The smallest absolute Gasteiger partial charge is 0.303 e. The number of rotatable bonds is 6. The first-order chi connectivity index (χ1) is 8.08. The summed E-state index contributed by atoms with van der Waals surface area (Å²) in [5.74, 6) is -0.858. The van der Waals surface area contributed by atoms with Gasteiger partial charge in [0.1, 0.15) is 0 Å². The van der Waals surface area contributed by atoms with E-state index in [4.69, 9.17) is 11.3 Å². The van der Waals surface area contributed by atoms with Gasteiger partial charge in [-0.05, 0) is 19.3 Å². The number of hydrogen-bond donors (Lipinski definition) is 1. The topological polar surface area (TPSA) is 59.8 Å². The molecule has 0 bridgehead atoms. The monoisotopic (exact) mass is 238 g/mol. The van der Waals surface area contributed by atoms with Crippen LogP contribution in [0.1, 0.15) is 39.5 Å². The summed E-state index contributed by atoms with van der Waals surface area (Å²) in [7, 11) is 0. The molecule has 1 amide bonds. The Kier molecular flexibility index (Phi) is 4.95. The maximum atomic E-state index is 11.9. The number of esters is 1. The van der Waals surface area contributed by atoms with Crippen LogP contribution in [-0.4, -0.2) is 30.1 Å². The summed E-state index contributed by atoms with van der Waals surface area (Å²) in [6.07, 6.45) is 2.30. The van der Waals surface area contributed by atoms with Crippen LogP contribution in [0.4, 0.5) is 0 Å². The second-order valence-electron chi connectivity index (χ2n) is 4.30. The minimum Gasteiger partial charge on any atom is -0.444 e. The minimum absolute atomic E-state index is 0.202. The van der Waals surface area contributed by atoms with E-state index in [9.17, 15) is 9.59 Å². The third-order valence-corrected chi connectivity index (χ3v) is 2.57. The van der Waals surface area contributed by atoms with Crippen LogP contribution < -0.4 is 5.32 Å². The van der Waals surface area contributed by atoms with Crippen LogP contribution in [-0.2, 0) is 14.3 Å². The molecular formula is C12H18N2O3. The number of carbonyl (C=O) groups excluding carboxylic acids is 2. The second-order valence-corrected chi connectivity index (χ2v) is 4.30. The summed E-state index contributed by atoms with van der Waals surface area (Å²) in [5.41, 5.74) is 0. The van der Waals surface area contributed by atoms with E-state index in [2.05, 4.69) is 10.2 Å². The van der Waals surface area contributed by atoms with Gasteiger partial charge < -0.3 is 14.9 Å². The molecule has 0 aliphatic heterocycles. The summed E-state index contributed by atoms with van der Waals surface area (Å²) >= 11 is 0. The lowest BCUT2D eigenvalue weighted by atomic mass is 10.1. The van der Waals surface area contributed by atoms with E-state index < -0.39 is 18.1 Å². The highest BCUT2D eigenvalue weighted by atomic mass is 16.5. The van der Waals surface area contributed by atoms with E-state index in [0.717, 1.165) is 19.3 Å². The van der Waals surface area contributed by atoms with Crippen molar-refractivity contribution in [1.29, 1.82) is 0 Å². The van der Waals surface area contributed by atoms with E-state index in [-0.39, 0.29) is 11.9 Å². The van der Waals surface area contributed by atoms with Gasteiger partial charge in [0.25, 0.3) is 18.1 Å². The molecule has 0 saturated heterocycles. The molecule has 0 aromatic rings. The second kappa shape index (κ2) is 6.24. The van der Waals surface area contributed by atoms with Crippen LogP contribution in [0.5, 0.6) is 0 Å². The van der Waals surface area contributed by atoms with Gasteiger partial charge >= 0.3 is 5.97 Å². The summed E-state index contributed by atoms with van der Waals surface area (Å²) in [6.45, 7) is 10.3. The van der Waals surface area contributed by atoms with Crippen molar-refractivity contribution < 1.29 is 14.3 Å². The van der Waals surface area contributed by atoms with Crippen molar-refractivity contribution in [3.05, 3.63) is 11.4 Å². The molecule has 5 nitrogen and oxygen atoms in total. The highest BCUT2D eigenvalue weighted by Gasteiger charge is 2.37. The Bertz CT molecular complexity index is 331. The first-order valence-electron chi connectivity index (χ1n) is 5.92. The molecule has 0 spiro atoms. The van der Waals surface area contributed by atoms with Crippen molar-refractivity contribution in [3.63, 3.8) is 0 Å². The van der Waals surface area contributed by atoms with E-state index in [1.54, 1.807) is 0 Å². The summed E-state index contributed by atoms with van der Waals surface area (Å²) < 4.78 is 4.98. The summed E-state index contributed by atoms with van der Waals surface area (Å²) in [4.78, 5) is 26.2. The molecule has 1 N–H and O–H groups in total. The molecule has 1 saturated carbocycles. The third kappa shape index (κ3) is 4.43. The number of carbonyl (C=O) groups is 2. The van der Waals surface area contributed by atoms with Gasteiger partial charge in [0.15, 0.2) is 0 Å². The Hall–Kier alpha value is -1.57. The van der Waals surface area contributed by atoms with E-state index in [0.29, 0.717) is 6.42 Å². The van der Waals surface area contributed by atoms with Gasteiger partial charge in [0.05, 0.1) is 0 Å². The van der Waals surface area contributed by atoms with Gasteiger partial charge in [0.2, 0.25) is 0 Å². The van der Waals surface area contributed by atoms with E-state index in [1.165, 1.54) is 6.92 Å². The van der Waals surface area contributed by atoms with Crippen LogP contribution in [0, 0.1) is 6.57 Å². The SMILES string of the molecule is [C-]#[N+][C@@H](CCC)C(OC(C)=O)C(=O)NC1CC1. The van der Waals surface area contributed by atoms with Gasteiger partial charge in [0, 0.05) is 19.4 Å². The molecule has 5 heteroatoms. The van der Waals surface area contributed by atoms with Crippen molar-refractivity contribution in [2.45, 2.75) is 57.7 Å². The average Bonchev–Trinajstić information content (AvgIpc) is 3.06. The lowest BCUT2D eigenvalue weighted by Crippen LogP contribution is -2.44. The Morgan fingerprint density at radius 2 is 2.18 bits per heavy atom. The average molecular weight is 238 g/mol. The number of nitrogens with zero attached hydrogens (tertiary/aromatic N) is 1. The zero-order chi connectivity index (χ0) is 12.8. The molecule has 0 radical (unpaired) electrons. The standard InChI is InChI=1S/C12H18N2O3/c1-4-5-10(13-3)11(17-8(2)15)12(16)14-9-6-7-9/h9-11H,4-7H2,1-2H3,(H,14,16)/t10-,11?/m0/s1. The summed E-state index contributed by atoms with van der Waals surface area (Å²) in [5, 5.41) is 2.77. The van der Waals surface area contributed by atoms with Crippen LogP contribution in [0.25, 0.3) is 4.85 Å². The zero-order valence-corrected chi connectivity index (χ0v) is 10.2. The molecule has 0 aromatic carbocycles. The zero-order valence-electron chi connectivity index (χ0n) is 10.2. The number of amides is 1. The van der Waals surface area contributed by atoms with Gasteiger partial charge in [-0.15, -0.1) is 0 Å². The van der Waals surface area contributed by atoms with Crippen molar-refractivity contribution in [1.82, 2.24) is 5.32 Å². The third-order valence-electron chi connectivity index (χ3n) is 2.57. The number of nitrogens with one attached hydrogen (secondary N) is 1. The highest BCUT2D eigenvalue weighted by molar-refractivity contribution is 5.84. The largest absolute Gasteiger partial charge is 0.444 e. The van der Waals surface area contributed by atoms with Crippen molar-refractivity contribution in [3.8, 4) is 0 Å². The van der Waals surface area contributed by atoms with Crippen LogP contribution in [0.3, 0.4) is 0 Å². The molecular weight excluding hydrogens is 220 g/mol. The maximum Gasteiger partial charge on any atom is 0.303 e. The molecule has 0 heterocycles. The fourth-order valence-corrected chi connectivity index (χ4v) is 1.58. The molecule has 1 aliphatic carbocycles. The Morgan fingerprint density at radius 1 is 1.53 bits per heavy atom. The van der Waals surface area contributed by atoms with E-state index >= 15 is 0 Å². The molecule has 1 unspecified atom stereocenters. The number of ether oxygens (including phenoxy) is 1. The fraction of sp³-hybridized carbons (Fsp3) is 0.750. The lowest BCUT2D eigenvalue weighted by Gasteiger charge is -2.17. The first-order valence-corrected chi connectivity index (χ1v) is 5.92. The van der Waals surface area contributed by atoms with Gasteiger partial charge in [-0.25, -0.2) is 6.57 Å². The van der Waals surface area contributed by atoms with Gasteiger partial charge in [-0.3, -0.25) is 9.59 Å². The Morgan fingerprint density at radius 3 is 2.59 bits per heavy atom. The van der Waals surface area contributed by atoms with Crippen LogP contribution in [0.15, 0.2) is 0 Å². The molecule has 1 fully saturated rings. The summed E-state index contributed by atoms with van der Waals surface area (Å²) in [6, 6.07) is -0.379. The lowest BCUT2D eigenvalue weighted by molar-refractivity contribution is -0.154. The molecule has 1 rings (SSSR count). The van der Waals surface area contributed by atoms with Crippen molar-refractivity contribution >= 4 is 11.9 Å². The van der Waals surface area contributed by atoms with Crippen LogP contribution in [0.2, 0.25) is 0 Å². The Labute approximate surface area is 101 Å². The van der Waals surface area contributed by atoms with Crippen LogP contribution >= 0.6 is 0 Å². The van der Waals surface area contributed by atoms with Crippen molar-refractivity contribution in [2.75, 3.05) is 0 Å². The predicted molar refractivity (Wildman–Crippen MR) is 62.0 cm³/mol. The predicted octanol–water partition coefficient (Wildman–Crippen LogP) is 1.28. The highest BCUT2D eigenvalue weighted by Crippen LogP contribution is 2.20.